The van der Waals surface area contributed by atoms with Crippen molar-refractivity contribution < 1.29 is 18.8 Å². The number of hydrogen-bond acceptors (Lipinski definition) is 5. The maximum Gasteiger partial charge on any atom is 0.293 e. The number of rotatable bonds is 6. The van der Waals surface area contributed by atoms with E-state index < -0.39 is 10.7 Å². The van der Waals surface area contributed by atoms with Gasteiger partial charge in [-0.05, 0) is 42.7 Å². The van der Waals surface area contributed by atoms with Crippen molar-refractivity contribution in [2.24, 2.45) is 0 Å². The number of anilines is 1. The van der Waals surface area contributed by atoms with Crippen LogP contribution in [-0.4, -0.2) is 43.0 Å². The van der Waals surface area contributed by atoms with Crippen molar-refractivity contribution in [1.29, 1.82) is 0 Å². The van der Waals surface area contributed by atoms with E-state index in [0.29, 0.717) is 11.3 Å². The summed E-state index contributed by atoms with van der Waals surface area (Å²) in [5.74, 6) is -0.746. The van der Waals surface area contributed by atoms with Crippen LogP contribution in [0.15, 0.2) is 36.4 Å². The molecular weight excluding hydrogens is 365 g/mol. The molecule has 2 aromatic rings. The summed E-state index contributed by atoms with van der Waals surface area (Å²) in [4.78, 5) is 27.2. The molecule has 1 heterocycles. The Morgan fingerprint density at radius 2 is 1.96 bits per heavy atom. The third-order valence-electron chi connectivity index (χ3n) is 4.85. The maximum absolute atomic E-state index is 13.9. The van der Waals surface area contributed by atoms with Crippen molar-refractivity contribution in [3.8, 4) is 5.75 Å². The fourth-order valence-electron chi connectivity index (χ4n) is 3.40. The first-order valence-electron chi connectivity index (χ1n) is 9.02. The van der Waals surface area contributed by atoms with Crippen molar-refractivity contribution in [3.63, 3.8) is 0 Å². The Bertz CT molecular complexity index is 897. The van der Waals surface area contributed by atoms with Crippen molar-refractivity contribution in [1.82, 2.24) is 4.90 Å². The van der Waals surface area contributed by atoms with Gasteiger partial charge in [-0.2, -0.15) is 0 Å². The minimum atomic E-state index is -0.508. The molecule has 0 atom stereocenters. The van der Waals surface area contributed by atoms with E-state index in [0.717, 1.165) is 25.9 Å². The molecule has 3 rings (SSSR count). The molecule has 0 aliphatic carbocycles. The summed E-state index contributed by atoms with van der Waals surface area (Å²) < 4.78 is 18.7. The van der Waals surface area contributed by atoms with E-state index in [1.807, 2.05) is 4.90 Å². The molecule has 1 amide bonds. The second-order valence-corrected chi connectivity index (χ2v) is 6.78. The molecule has 1 aliphatic rings. The van der Waals surface area contributed by atoms with Crippen LogP contribution in [0.4, 0.5) is 15.8 Å². The summed E-state index contributed by atoms with van der Waals surface area (Å²) in [7, 11) is 2.96. The Morgan fingerprint density at radius 1 is 1.25 bits per heavy atom. The Labute approximate surface area is 162 Å². The lowest BCUT2D eigenvalue weighted by Gasteiger charge is -2.20. The van der Waals surface area contributed by atoms with Crippen LogP contribution in [0.25, 0.3) is 0 Å². The largest absolute Gasteiger partial charge is 0.494 e. The van der Waals surface area contributed by atoms with Gasteiger partial charge in [-0.3, -0.25) is 14.9 Å². The Kier molecular flexibility index (Phi) is 5.77. The lowest BCUT2D eigenvalue weighted by molar-refractivity contribution is -0.384. The number of halogens is 1. The molecule has 7 nitrogen and oxygen atoms in total. The zero-order valence-electron chi connectivity index (χ0n) is 15.9. The van der Waals surface area contributed by atoms with Crippen LogP contribution in [-0.2, 0) is 6.54 Å². The summed E-state index contributed by atoms with van der Waals surface area (Å²) >= 11 is 0. The van der Waals surface area contributed by atoms with Crippen LogP contribution in [0.5, 0.6) is 5.75 Å². The van der Waals surface area contributed by atoms with E-state index in [9.17, 15) is 19.3 Å². The molecule has 0 saturated carbocycles. The van der Waals surface area contributed by atoms with Gasteiger partial charge in [-0.25, -0.2) is 4.39 Å². The number of nitrogens with zero attached hydrogens (tertiary/aromatic N) is 3. The molecule has 0 aromatic heterocycles. The molecule has 1 aliphatic heterocycles. The highest BCUT2D eigenvalue weighted by Gasteiger charge is 2.24. The number of carbonyl (C=O) groups is 1. The number of hydrogen-bond donors (Lipinski definition) is 0. The summed E-state index contributed by atoms with van der Waals surface area (Å²) in [6.07, 6.45) is 2.00. The molecule has 148 valence electrons. The normalized spacial score (nSPS) is 13.5. The van der Waals surface area contributed by atoms with Gasteiger partial charge in [0.2, 0.25) is 0 Å². The van der Waals surface area contributed by atoms with Crippen LogP contribution in [0.2, 0.25) is 0 Å². The Balaban J connectivity index is 1.80. The number of amides is 1. The molecule has 8 heteroatoms. The average molecular weight is 387 g/mol. The van der Waals surface area contributed by atoms with Gasteiger partial charge in [-0.1, -0.05) is 6.07 Å². The number of benzene rings is 2. The first-order valence-corrected chi connectivity index (χ1v) is 9.02. The molecule has 0 N–H and O–H groups in total. The van der Waals surface area contributed by atoms with E-state index in [-0.39, 0.29) is 29.5 Å². The second-order valence-electron chi connectivity index (χ2n) is 6.78. The summed E-state index contributed by atoms with van der Waals surface area (Å²) in [5.41, 5.74) is 1.29. The molecule has 0 bridgehead atoms. The van der Waals surface area contributed by atoms with Gasteiger partial charge in [0.25, 0.3) is 11.6 Å². The van der Waals surface area contributed by atoms with Gasteiger partial charge >= 0.3 is 0 Å². The second kappa shape index (κ2) is 8.24. The highest BCUT2D eigenvalue weighted by Crippen LogP contribution is 2.32. The number of methoxy groups -OCH3 is 1. The van der Waals surface area contributed by atoms with E-state index in [4.69, 9.17) is 4.74 Å². The SMILES string of the molecule is COc1ccc(CN(C)C(=O)c2ccc(N3CCCC3)c([N+](=O)[O-])c2)cc1F. The van der Waals surface area contributed by atoms with Crippen molar-refractivity contribution >= 4 is 17.3 Å². The molecule has 1 fully saturated rings. The molecule has 0 radical (unpaired) electrons. The molecule has 1 saturated heterocycles. The van der Waals surface area contributed by atoms with E-state index >= 15 is 0 Å². The first kappa shape index (κ1) is 19.6. The average Bonchev–Trinajstić information content (AvgIpc) is 3.21. The molecule has 0 spiro atoms. The van der Waals surface area contributed by atoms with Crippen molar-refractivity contribution in [2.45, 2.75) is 19.4 Å². The standard InChI is InChI=1S/C20H22FN3O4/c1-22(13-14-5-8-19(28-2)16(21)11-14)20(25)15-6-7-17(18(12-15)24(26)27)23-9-3-4-10-23/h5-8,11-12H,3-4,9-10,13H2,1-2H3. The monoisotopic (exact) mass is 387 g/mol. The molecule has 2 aromatic carbocycles. The van der Waals surface area contributed by atoms with Gasteiger partial charge in [-0.15, -0.1) is 0 Å². The van der Waals surface area contributed by atoms with Gasteiger partial charge in [0.05, 0.1) is 12.0 Å². The summed E-state index contributed by atoms with van der Waals surface area (Å²) in [6, 6.07) is 9.04. The fraction of sp³-hybridized carbons (Fsp3) is 0.350. The molecule has 0 unspecified atom stereocenters. The predicted octanol–water partition coefficient (Wildman–Crippen LogP) is 3.61. The van der Waals surface area contributed by atoms with Gasteiger partial charge < -0.3 is 14.5 Å². The smallest absolute Gasteiger partial charge is 0.293 e. The third kappa shape index (κ3) is 4.05. The van der Waals surface area contributed by atoms with E-state index in [2.05, 4.69) is 0 Å². The Morgan fingerprint density at radius 3 is 2.57 bits per heavy atom. The summed E-state index contributed by atoms with van der Waals surface area (Å²) in [5, 5.41) is 11.5. The van der Waals surface area contributed by atoms with Crippen LogP contribution >= 0.6 is 0 Å². The minimum absolute atomic E-state index is 0.0726. The lowest BCUT2D eigenvalue weighted by atomic mass is 10.1. The number of nitro benzene ring substituents is 1. The van der Waals surface area contributed by atoms with Gasteiger partial charge in [0.1, 0.15) is 5.69 Å². The lowest BCUT2D eigenvalue weighted by Crippen LogP contribution is -2.26. The van der Waals surface area contributed by atoms with Gasteiger partial charge in [0.15, 0.2) is 11.6 Å². The van der Waals surface area contributed by atoms with E-state index in [1.54, 1.807) is 25.2 Å². The molecular formula is C20H22FN3O4. The van der Waals surface area contributed by atoms with Crippen LogP contribution in [0.1, 0.15) is 28.8 Å². The van der Waals surface area contributed by atoms with Crippen molar-refractivity contribution in [2.75, 3.05) is 32.1 Å². The predicted molar refractivity (Wildman–Crippen MR) is 103 cm³/mol. The topological polar surface area (TPSA) is 75.9 Å². The number of ether oxygens (including phenoxy) is 1. The van der Waals surface area contributed by atoms with E-state index in [1.165, 1.54) is 30.2 Å². The third-order valence-corrected chi connectivity index (χ3v) is 4.85. The van der Waals surface area contributed by atoms with Crippen molar-refractivity contribution in [3.05, 3.63) is 63.5 Å². The maximum atomic E-state index is 13.9. The zero-order chi connectivity index (χ0) is 20.3. The van der Waals surface area contributed by atoms with Crippen LogP contribution in [0.3, 0.4) is 0 Å². The number of nitro groups is 1. The van der Waals surface area contributed by atoms with Crippen LogP contribution < -0.4 is 9.64 Å². The fourth-order valence-corrected chi connectivity index (χ4v) is 3.40. The van der Waals surface area contributed by atoms with Crippen LogP contribution in [0, 0.1) is 15.9 Å². The van der Waals surface area contributed by atoms with Gasteiger partial charge in [0, 0.05) is 38.3 Å². The summed E-state index contributed by atoms with van der Waals surface area (Å²) in [6.45, 7) is 1.72. The highest BCUT2D eigenvalue weighted by atomic mass is 19.1. The Hall–Kier alpha value is -3.16. The highest BCUT2D eigenvalue weighted by molar-refractivity contribution is 5.95. The molecule has 28 heavy (non-hydrogen) atoms. The quantitative estimate of drug-likeness (QED) is 0.559. The minimum Gasteiger partial charge on any atom is -0.494 e. The zero-order valence-corrected chi connectivity index (χ0v) is 15.9. The first-order chi connectivity index (χ1) is 13.4. The number of carbonyl (C=O) groups excluding carboxylic acids is 1.